The molecule has 1 N–H and O–H groups in total. The molecule has 1 heterocycles. The zero-order valence-electron chi connectivity index (χ0n) is 16.0. The summed E-state index contributed by atoms with van der Waals surface area (Å²) >= 11 is 0. The van der Waals surface area contributed by atoms with Gasteiger partial charge in [0, 0.05) is 26.2 Å². The fraction of sp³-hybridized carbons (Fsp3) is 0.600. The van der Waals surface area contributed by atoms with Crippen molar-refractivity contribution in [3.8, 4) is 5.75 Å². The zero-order valence-corrected chi connectivity index (χ0v) is 16.0. The number of para-hydroxylation sites is 1. The van der Waals surface area contributed by atoms with Gasteiger partial charge in [-0.2, -0.15) is 0 Å². The summed E-state index contributed by atoms with van der Waals surface area (Å²) < 4.78 is 5.54. The molecule has 6 heteroatoms. The Labute approximate surface area is 155 Å². The van der Waals surface area contributed by atoms with Crippen molar-refractivity contribution in [2.45, 2.75) is 31.7 Å². The number of ether oxygens (including phenoxy) is 1. The first-order valence-corrected chi connectivity index (χ1v) is 9.36. The van der Waals surface area contributed by atoms with Crippen LogP contribution in [0.5, 0.6) is 5.75 Å². The molecule has 1 aromatic rings. The third-order valence-corrected chi connectivity index (χ3v) is 5.54. The largest absolute Gasteiger partial charge is 0.496 e. The summed E-state index contributed by atoms with van der Waals surface area (Å²) in [7, 11) is 5.09. The highest BCUT2D eigenvalue weighted by molar-refractivity contribution is 6.07. The second kappa shape index (κ2) is 7.66. The summed E-state index contributed by atoms with van der Waals surface area (Å²) in [5.41, 5.74) is 0.237. The number of nitrogens with one attached hydrogen (secondary N) is 1. The third-order valence-electron chi connectivity index (χ3n) is 5.54. The van der Waals surface area contributed by atoms with Crippen LogP contribution in [-0.4, -0.2) is 62.5 Å². The van der Waals surface area contributed by atoms with Crippen LogP contribution in [0.1, 0.15) is 37.3 Å². The number of carbonyl (C=O) groups is 2. The monoisotopic (exact) mass is 359 g/mol. The second-order valence-electron chi connectivity index (χ2n) is 7.49. The van der Waals surface area contributed by atoms with E-state index in [1.54, 1.807) is 21.2 Å². The number of carbonyl (C=O) groups excluding carboxylic acids is 2. The quantitative estimate of drug-likeness (QED) is 0.755. The molecule has 1 saturated heterocycles. The number of benzene rings is 1. The molecule has 1 aliphatic heterocycles. The lowest BCUT2D eigenvalue weighted by atomic mass is 10.0. The number of hydrogen-bond donors (Lipinski definition) is 1. The number of methoxy groups -OCH3 is 1. The maximum Gasteiger partial charge on any atom is 0.237 e. The van der Waals surface area contributed by atoms with Crippen LogP contribution in [0.15, 0.2) is 24.3 Å². The Bertz CT molecular complexity index is 664. The van der Waals surface area contributed by atoms with Crippen molar-refractivity contribution >= 4 is 11.8 Å². The van der Waals surface area contributed by atoms with Gasteiger partial charge in [-0.3, -0.25) is 14.5 Å². The van der Waals surface area contributed by atoms with Gasteiger partial charge in [0.15, 0.2) is 0 Å². The normalized spacial score (nSPS) is 19.7. The summed E-state index contributed by atoms with van der Waals surface area (Å²) in [6.45, 7) is 2.52. The maximum absolute atomic E-state index is 12.8. The van der Waals surface area contributed by atoms with Crippen LogP contribution >= 0.6 is 0 Å². The fourth-order valence-corrected chi connectivity index (χ4v) is 3.88. The first kappa shape index (κ1) is 18.7. The number of nitrogens with zero attached hydrogens (tertiary/aromatic N) is 2. The van der Waals surface area contributed by atoms with Crippen molar-refractivity contribution in [2.24, 2.45) is 5.41 Å². The van der Waals surface area contributed by atoms with Crippen molar-refractivity contribution in [2.75, 3.05) is 40.8 Å². The molecule has 3 rings (SSSR count). The van der Waals surface area contributed by atoms with Gasteiger partial charge in [-0.25, -0.2) is 0 Å². The van der Waals surface area contributed by atoms with Gasteiger partial charge in [-0.15, -0.1) is 0 Å². The summed E-state index contributed by atoms with van der Waals surface area (Å²) in [4.78, 5) is 29.1. The van der Waals surface area contributed by atoms with Gasteiger partial charge in [0.25, 0.3) is 0 Å². The van der Waals surface area contributed by atoms with Crippen molar-refractivity contribution in [1.29, 1.82) is 0 Å². The Hall–Kier alpha value is -2.08. The van der Waals surface area contributed by atoms with Crippen LogP contribution in [0.4, 0.5) is 0 Å². The van der Waals surface area contributed by atoms with Gasteiger partial charge in [-0.1, -0.05) is 18.2 Å². The van der Waals surface area contributed by atoms with Crippen LogP contribution in [0, 0.1) is 5.41 Å². The Morgan fingerprint density at radius 1 is 1.23 bits per heavy atom. The topological polar surface area (TPSA) is 61.9 Å². The summed E-state index contributed by atoms with van der Waals surface area (Å²) in [5.74, 6) is 0.601. The standard InChI is InChI=1S/C20H29N3O3/c1-22(2)19(25)20(10-11-20)18(24)21-14-16(23-12-6-7-13-23)15-8-4-5-9-17(15)26-3/h4-5,8-9,16H,6-7,10-14H2,1-3H3,(H,21,24)/t16-/m0/s1. The summed E-state index contributed by atoms with van der Waals surface area (Å²) in [6.07, 6.45) is 3.61. The van der Waals surface area contributed by atoms with E-state index < -0.39 is 5.41 Å². The molecule has 0 bridgehead atoms. The van der Waals surface area contributed by atoms with Crippen LogP contribution in [0.2, 0.25) is 0 Å². The van der Waals surface area contributed by atoms with E-state index in [0.29, 0.717) is 19.4 Å². The van der Waals surface area contributed by atoms with Crippen LogP contribution in [0.25, 0.3) is 0 Å². The van der Waals surface area contributed by atoms with Crippen molar-refractivity contribution in [1.82, 2.24) is 15.1 Å². The molecule has 2 fully saturated rings. The molecule has 1 atom stereocenters. The molecule has 6 nitrogen and oxygen atoms in total. The van der Waals surface area contributed by atoms with Gasteiger partial charge in [0.1, 0.15) is 11.2 Å². The Balaban J connectivity index is 1.75. The third kappa shape index (κ3) is 3.56. The maximum atomic E-state index is 12.8. The second-order valence-corrected chi connectivity index (χ2v) is 7.49. The molecular formula is C20H29N3O3. The number of likely N-dealkylation sites (tertiary alicyclic amines) is 1. The molecule has 0 spiro atoms. The van der Waals surface area contributed by atoms with Crippen LogP contribution in [-0.2, 0) is 9.59 Å². The Kier molecular flexibility index (Phi) is 5.51. The molecule has 1 aliphatic carbocycles. The van der Waals surface area contributed by atoms with E-state index in [2.05, 4.69) is 16.3 Å². The molecule has 1 saturated carbocycles. The minimum Gasteiger partial charge on any atom is -0.496 e. The molecular weight excluding hydrogens is 330 g/mol. The SMILES string of the molecule is COc1ccccc1[C@H](CNC(=O)C1(C(=O)N(C)C)CC1)N1CCCC1. The lowest BCUT2D eigenvalue weighted by Crippen LogP contribution is -2.45. The smallest absolute Gasteiger partial charge is 0.237 e. The van der Waals surface area contributed by atoms with E-state index in [-0.39, 0.29) is 17.9 Å². The molecule has 142 valence electrons. The van der Waals surface area contributed by atoms with E-state index in [1.165, 1.54) is 17.7 Å². The van der Waals surface area contributed by atoms with Gasteiger partial charge >= 0.3 is 0 Å². The average molecular weight is 359 g/mol. The molecule has 1 aromatic carbocycles. The lowest BCUT2D eigenvalue weighted by molar-refractivity contribution is -0.142. The number of amides is 2. The zero-order chi connectivity index (χ0) is 18.7. The highest BCUT2D eigenvalue weighted by Gasteiger charge is 2.57. The fourth-order valence-electron chi connectivity index (χ4n) is 3.88. The van der Waals surface area contributed by atoms with Crippen molar-refractivity contribution in [3.63, 3.8) is 0 Å². The van der Waals surface area contributed by atoms with Crippen molar-refractivity contribution in [3.05, 3.63) is 29.8 Å². The van der Waals surface area contributed by atoms with E-state index in [1.807, 2.05) is 18.2 Å². The minimum absolute atomic E-state index is 0.0582. The first-order valence-electron chi connectivity index (χ1n) is 9.36. The number of rotatable bonds is 7. The Morgan fingerprint density at radius 3 is 2.46 bits per heavy atom. The van der Waals surface area contributed by atoms with Crippen molar-refractivity contribution < 1.29 is 14.3 Å². The average Bonchev–Trinajstić information content (AvgIpc) is 3.29. The number of hydrogen-bond acceptors (Lipinski definition) is 4. The van der Waals surface area contributed by atoms with Gasteiger partial charge in [0.2, 0.25) is 11.8 Å². The van der Waals surface area contributed by atoms with Crippen LogP contribution < -0.4 is 10.1 Å². The predicted molar refractivity (Wildman–Crippen MR) is 99.9 cm³/mol. The van der Waals surface area contributed by atoms with Gasteiger partial charge in [0.05, 0.1) is 13.2 Å². The predicted octanol–water partition coefficient (Wildman–Crippen LogP) is 1.82. The minimum atomic E-state index is -0.847. The lowest BCUT2D eigenvalue weighted by Gasteiger charge is -2.30. The molecule has 0 unspecified atom stereocenters. The van der Waals surface area contributed by atoms with E-state index in [4.69, 9.17) is 4.74 Å². The highest BCUT2D eigenvalue weighted by atomic mass is 16.5. The highest BCUT2D eigenvalue weighted by Crippen LogP contribution is 2.47. The molecule has 0 radical (unpaired) electrons. The molecule has 26 heavy (non-hydrogen) atoms. The van der Waals surface area contributed by atoms with Gasteiger partial charge in [-0.05, 0) is 44.8 Å². The molecule has 2 amide bonds. The van der Waals surface area contributed by atoms with E-state index in [9.17, 15) is 9.59 Å². The summed E-state index contributed by atoms with van der Waals surface area (Å²) in [6, 6.07) is 8.03. The Morgan fingerprint density at radius 2 is 1.88 bits per heavy atom. The van der Waals surface area contributed by atoms with Crippen LogP contribution in [0.3, 0.4) is 0 Å². The molecule has 2 aliphatic rings. The summed E-state index contributed by atoms with van der Waals surface area (Å²) in [5, 5.41) is 3.06. The van der Waals surface area contributed by atoms with E-state index >= 15 is 0 Å². The molecule has 0 aromatic heterocycles. The first-order chi connectivity index (χ1) is 12.5. The van der Waals surface area contributed by atoms with E-state index in [0.717, 1.165) is 24.4 Å². The van der Waals surface area contributed by atoms with Gasteiger partial charge < -0.3 is 15.0 Å².